The number of tetrazole rings is 1. The Morgan fingerprint density at radius 3 is 2.83 bits per heavy atom. The number of aliphatic hydroxyl groups is 1. The van der Waals surface area contributed by atoms with Gasteiger partial charge in [0.1, 0.15) is 12.1 Å². The van der Waals surface area contributed by atoms with E-state index < -0.39 is 5.60 Å². The fourth-order valence-electron chi connectivity index (χ4n) is 3.30. The van der Waals surface area contributed by atoms with Gasteiger partial charge in [0.05, 0.1) is 29.9 Å². The van der Waals surface area contributed by atoms with E-state index in [0.29, 0.717) is 23.8 Å². The van der Waals surface area contributed by atoms with Gasteiger partial charge in [-0.3, -0.25) is 4.79 Å². The molecule has 0 radical (unpaired) electrons. The second-order valence-corrected chi connectivity index (χ2v) is 7.79. The number of aromatic nitrogens is 6. The van der Waals surface area contributed by atoms with Gasteiger partial charge in [0.25, 0.3) is 11.8 Å². The van der Waals surface area contributed by atoms with Crippen LogP contribution in [-0.4, -0.2) is 66.5 Å². The third-order valence-corrected chi connectivity index (χ3v) is 5.29. The maximum Gasteiger partial charge on any atom is 0.260 e. The summed E-state index contributed by atoms with van der Waals surface area (Å²) in [4.78, 5) is 19.0. The summed E-state index contributed by atoms with van der Waals surface area (Å²) < 4.78 is 12.0. The second kappa shape index (κ2) is 7.65. The van der Waals surface area contributed by atoms with E-state index in [9.17, 15) is 9.90 Å². The van der Waals surface area contributed by atoms with Crippen LogP contribution in [0, 0.1) is 0 Å². The van der Waals surface area contributed by atoms with Crippen LogP contribution < -0.4 is 4.74 Å². The molecule has 1 aliphatic heterocycles. The van der Waals surface area contributed by atoms with Crippen molar-refractivity contribution in [2.45, 2.75) is 31.8 Å². The minimum absolute atomic E-state index is 0.0150. The van der Waals surface area contributed by atoms with Gasteiger partial charge in [-0.05, 0) is 16.5 Å². The van der Waals surface area contributed by atoms with E-state index in [1.807, 2.05) is 13.8 Å². The molecule has 0 aliphatic carbocycles. The molecule has 3 aromatic rings. The van der Waals surface area contributed by atoms with E-state index in [-0.39, 0.29) is 41.3 Å². The number of hydrogen-bond acceptors (Lipinski definition) is 9. The molecule has 1 fully saturated rings. The van der Waals surface area contributed by atoms with E-state index in [2.05, 4.69) is 25.7 Å². The lowest BCUT2D eigenvalue weighted by molar-refractivity contribution is 0.0136. The van der Waals surface area contributed by atoms with Crippen molar-refractivity contribution in [2.24, 2.45) is 0 Å². The zero-order chi connectivity index (χ0) is 21.5. The number of β-amino-alcohol motifs (C(OH)–C–C–N with tert-alkyl or cyclic N) is 1. The second-order valence-electron chi connectivity index (χ2n) is 7.38. The SMILES string of the molecule is COc1cc(-n2cnnn2)c(Cl)cc1C(=O)N1CC[C@](O)(c2nc(C(C)C)no2)C1. The number of amides is 1. The van der Waals surface area contributed by atoms with E-state index in [1.165, 1.54) is 29.1 Å². The number of methoxy groups -OCH3 is 1. The summed E-state index contributed by atoms with van der Waals surface area (Å²) in [6, 6.07) is 3.09. The minimum atomic E-state index is -1.40. The molecule has 1 aromatic carbocycles. The summed E-state index contributed by atoms with van der Waals surface area (Å²) in [6.45, 7) is 4.18. The average molecular weight is 434 g/mol. The molecule has 12 heteroatoms. The van der Waals surface area contributed by atoms with Crippen LogP contribution in [0.1, 0.15) is 48.3 Å². The smallest absolute Gasteiger partial charge is 0.260 e. The quantitative estimate of drug-likeness (QED) is 0.636. The highest BCUT2D eigenvalue weighted by molar-refractivity contribution is 6.33. The first-order valence-electron chi connectivity index (χ1n) is 9.29. The molecular formula is C18H20ClN7O4. The van der Waals surface area contributed by atoms with Crippen molar-refractivity contribution in [2.75, 3.05) is 20.2 Å². The highest BCUT2D eigenvalue weighted by Crippen LogP contribution is 2.35. The van der Waals surface area contributed by atoms with Crippen LogP contribution >= 0.6 is 11.6 Å². The van der Waals surface area contributed by atoms with Crippen LogP contribution in [0.4, 0.5) is 0 Å². The normalized spacial score (nSPS) is 18.9. The Morgan fingerprint density at radius 2 is 2.20 bits per heavy atom. The van der Waals surface area contributed by atoms with Gasteiger partial charge < -0.3 is 19.3 Å². The summed E-state index contributed by atoms with van der Waals surface area (Å²) in [7, 11) is 1.45. The Morgan fingerprint density at radius 1 is 1.40 bits per heavy atom. The van der Waals surface area contributed by atoms with E-state index in [1.54, 1.807) is 6.07 Å². The number of carbonyl (C=O) groups is 1. The number of rotatable bonds is 5. The van der Waals surface area contributed by atoms with Gasteiger partial charge in [-0.25, -0.2) is 0 Å². The molecule has 0 spiro atoms. The van der Waals surface area contributed by atoms with Crippen LogP contribution in [0.2, 0.25) is 5.02 Å². The molecule has 158 valence electrons. The number of hydrogen-bond donors (Lipinski definition) is 1. The van der Waals surface area contributed by atoms with Gasteiger partial charge in [0.15, 0.2) is 11.4 Å². The Labute approximate surface area is 176 Å². The third-order valence-electron chi connectivity index (χ3n) is 4.99. The molecule has 0 unspecified atom stereocenters. The molecule has 4 rings (SSSR count). The molecule has 0 saturated carbocycles. The van der Waals surface area contributed by atoms with Gasteiger partial charge in [0, 0.05) is 24.9 Å². The summed E-state index contributed by atoms with van der Waals surface area (Å²) >= 11 is 6.36. The zero-order valence-corrected chi connectivity index (χ0v) is 17.4. The largest absolute Gasteiger partial charge is 0.496 e. The maximum atomic E-state index is 13.2. The monoisotopic (exact) mass is 433 g/mol. The van der Waals surface area contributed by atoms with Crippen LogP contribution in [0.3, 0.4) is 0 Å². The van der Waals surface area contributed by atoms with Crippen molar-refractivity contribution < 1.29 is 19.2 Å². The summed E-state index contributed by atoms with van der Waals surface area (Å²) in [6.07, 6.45) is 1.66. The van der Waals surface area contributed by atoms with Crippen molar-refractivity contribution in [3.63, 3.8) is 0 Å². The van der Waals surface area contributed by atoms with Crippen molar-refractivity contribution in [1.82, 2.24) is 35.2 Å². The molecule has 1 amide bonds. The fourth-order valence-corrected chi connectivity index (χ4v) is 3.55. The highest BCUT2D eigenvalue weighted by Gasteiger charge is 2.45. The zero-order valence-electron chi connectivity index (χ0n) is 16.6. The van der Waals surface area contributed by atoms with Crippen LogP contribution in [-0.2, 0) is 5.60 Å². The molecule has 1 atom stereocenters. The van der Waals surface area contributed by atoms with Crippen molar-refractivity contribution in [3.05, 3.63) is 40.8 Å². The minimum Gasteiger partial charge on any atom is -0.496 e. The number of halogens is 1. The molecule has 1 saturated heterocycles. The van der Waals surface area contributed by atoms with Crippen molar-refractivity contribution >= 4 is 17.5 Å². The number of likely N-dealkylation sites (tertiary alicyclic amines) is 1. The lowest BCUT2D eigenvalue weighted by atomic mass is 10.0. The van der Waals surface area contributed by atoms with Gasteiger partial charge in [-0.15, -0.1) is 5.10 Å². The Hall–Kier alpha value is -3.05. The van der Waals surface area contributed by atoms with Crippen LogP contribution in [0.15, 0.2) is 23.0 Å². The predicted octanol–water partition coefficient (Wildman–Crippen LogP) is 1.56. The van der Waals surface area contributed by atoms with E-state index in [0.717, 1.165) is 0 Å². The average Bonchev–Trinajstić information content (AvgIpc) is 3.48. The predicted molar refractivity (Wildman–Crippen MR) is 104 cm³/mol. The Kier molecular flexibility index (Phi) is 5.16. The summed E-state index contributed by atoms with van der Waals surface area (Å²) in [5, 5.41) is 26.2. The van der Waals surface area contributed by atoms with Crippen molar-refractivity contribution in [3.8, 4) is 11.4 Å². The molecule has 1 N–H and O–H groups in total. The number of carbonyl (C=O) groups excluding carboxylic acids is 1. The fraction of sp³-hybridized carbons (Fsp3) is 0.444. The standard InChI is InChI=1S/C18H20ClN7O4/c1-10(2)15-21-17(30-22-15)18(28)4-5-25(8-18)16(27)11-6-12(19)13(7-14(11)29-3)26-9-20-23-24-26/h6-7,9-10,28H,4-5,8H2,1-3H3/t18-/m1/s1. The number of nitrogens with zero attached hydrogens (tertiary/aromatic N) is 7. The molecule has 0 bridgehead atoms. The maximum absolute atomic E-state index is 13.2. The first kappa shape index (κ1) is 20.2. The van der Waals surface area contributed by atoms with E-state index >= 15 is 0 Å². The topological polar surface area (TPSA) is 132 Å². The molecule has 1 aliphatic rings. The van der Waals surface area contributed by atoms with Gasteiger partial charge in [0.2, 0.25) is 0 Å². The summed E-state index contributed by atoms with van der Waals surface area (Å²) in [5.41, 5.74) is -0.670. The molecule has 3 heterocycles. The first-order chi connectivity index (χ1) is 14.3. The van der Waals surface area contributed by atoms with Gasteiger partial charge in [-0.2, -0.15) is 9.67 Å². The molecular weight excluding hydrogens is 414 g/mol. The first-order valence-corrected chi connectivity index (χ1v) is 9.67. The Bertz CT molecular complexity index is 1070. The highest BCUT2D eigenvalue weighted by atomic mass is 35.5. The third kappa shape index (κ3) is 3.50. The summed E-state index contributed by atoms with van der Waals surface area (Å²) in [5.74, 6) is 0.660. The lowest BCUT2D eigenvalue weighted by Gasteiger charge is -2.21. The number of ether oxygens (including phenoxy) is 1. The Balaban J connectivity index is 1.60. The molecule has 11 nitrogen and oxygen atoms in total. The van der Waals surface area contributed by atoms with Crippen LogP contribution in [0.25, 0.3) is 5.69 Å². The van der Waals surface area contributed by atoms with Gasteiger partial charge >= 0.3 is 0 Å². The lowest BCUT2D eigenvalue weighted by Crippen LogP contribution is -2.35. The molecule has 30 heavy (non-hydrogen) atoms. The molecule has 2 aromatic heterocycles. The van der Waals surface area contributed by atoms with E-state index in [4.69, 9.17) is 20.9 Å². The van der Waals surface area contributed by atoms with Gasteiger partial charge in [-0.1, -0.05) is 30.6 Å². The van der Waals surface area contributed by atoms with Crippen molar-refractivity contribution in [1.29, 1.82) is 0 Å². The number of benzene rings is 1. The van der Waals surface area contributed by atoms with Crippen LogP contribution in [0.5, 0.6) is 5.75 Å².